The van der Waals surface area contributed by atoms with E-state index in [0.717, 1.165) is 12.0 Å². The van der Waals surface area contributed by atoms with Gasteiger partial charge in [-0.1, -0.05) is 49.7 Å². The Morgan fingerprint density at radius 3 is 2.50 bits per heavy atom. The third-order valence-corrected chi connectivity index (χ3v) is 5.71. The van der Waals surface area contributed by atoms with Crippen LogP contribution in [0, 0.1) is 0 Å². The van der Waals surface area contributed by atoms with Crippen molar-refractivity contribution in [1.82, 2.24) is 16.0 Å². The summed E-state index contributed by atoms with van der Waals surface area (Å²) in [6.45, 7) is 5.60. The van der Waals surface area contributed by atoms with Gasteiger partial charge in [0.2, 0.25) is 0 Å². The molecule has 2 unspecified atom stereocenters. The first-order valence-corrected chi connectivity index (χ1v) is 12.0. The normalized spacial score (nSPS) is 15.9. The molecule has 1 heterocycles. The molecule has 1 aliphatic rings. The average molecular weight is 496 g/mol. The molecule has 0 saturated heterocycles. The molecule has 9 heteroatoms. The molecule has 0 spiro atoms. The number of carbonyl (C=O) groups is 3. The summed E-state index contributed by atoms with van der Waals surface area (Å²) >= 11 is 0. The Labute approximate surface area is 211 Å². The Bertz CT molecular complexity index is 1120. The van der Waals surface area contributed by atoms with E-state index in [-0.39, 0.29) is 25.2 Å². The maximum Gasteiger partial charge on any atom is 0.338 e. The van der Waals surface area contributed by atoms with Crippen molar-refractivity contribution >= 4 is 17.9 Å². The van der Waals surface area contributed by atoms with Gasteiger partial charge in [-0.3, -0.25) is 4.79 Å². The topological polar surface area (TPSA) is 115 Å². The van der Waals surface area contributed by atoms with Crippen molar-refractivity contribution in [3.8, 4) is 11.5 Å². The quantitative estimate of drug-likeness (QED) is 0.407. The van der Waals surface area contributed by atoms with E-state index in [1.54, 1.807) is 25.1 Å². The van der Waals surface area contributed by atoms with E-state index in [4.69, 9.17) is 14.2 Å². The van der Waals surface area contributed by atoms with Gasteiger partial charge in [-0.2, -0.15) is 0 Å². The van der Waals surface area contributed by atoms with Crippen LogP contribution in [0.1, 0.15) is 56.8 Å². The summed E-state index contributed by atoms with van der Waals surface area (Å²) in [4.78, 5) is 37.6. The van der Waals surface area contributed by atoms with E-state index in [1.807, 2.05) is 44.2 Å². The molecule has 2 atom stereocenters. The van der Waals surface area contributed by atoms with E-state index in [1.165, 1.54) is 7.11 Å². The number of hydrogen-bond donors (Lipinski definition) is 3. The summed E-state index contributed by atoms with van der Waals surface area (Å²) in [6.07, 6.45) is 1.26. The predicted molar refractivity (Wildman–Crippen MR) is 134 cm³/mol. The van der Waals surface area contributed by atoms with Crippen molar-refractivity contribution < 1.29 is 28.6 Å². The Kier molecular flexibility index (Phi) is 9.32. The molecule has 3 N–H and O–H groups in total. The van der Waals surface area contributed by atoms with Gasteiger partial charge in [0.15, 0.2) is 18.1 Å². The third-order valence-electron chi connectivity index (χ3n) is 5.71. The van der Waals surface area contributed by atoms with Gasteiger partial charge < -0.3 is 30.2 Å². The third kappa shape index (κ3) is 6.56. The highest BCUT2D eigenvalue weighted by molar-refractivity contribution is 5.95. The maximum absolute atomic E-state index is 12.8. The molecular weight excluding hydrogens is 462 g/mol. The summed E-state index contributed by atoms with van der Waals surface area (Å²) in [6, 6.07) is 13.4. The van der Waals surface area contributed by atoms with E-state index < -0.39 is 18.0 Å². The second kappa shape index (κ2) is 12.6. The molecule has 0 radical (unpaired) electrons. The van der Waals surface area contributed by atoms with Crippen LogP contribution >= 0.6 is 0 Å². The molecule has 3 rings (SSSR count). The molecule has 0 saturated carbocycles. The van der Waals surface area contributed by atoms with Gasteiger partial charge in [0, 0.05) is 5.70 Å². The number of carbonyl (C=O) groups excluding carboxylic acids is 3. The molecule has 9 nitrogen and oxygen atoms in total. The number of hydrogen-bond acceptors (Lipinski definition) is 6. The van der Waals surface area contributed by atoms with E-state index in [9.17, 15) is 14.4 Å². The summed E-state index contributed by atoms with van der Waals surface area (Å²) in [5.41, 5.74) is 2.49. The summed E-state index contributed by atoms with van der Waals surface area (Å²) < 4.78 is 16.5. The number of esters is 1. The number of ether oxygens (including phenoxy) is 3. The minimum atomic E-state index is -0.725. The van der Waals surface area contributed by atoms with Crippen molar-refractivity contribution in [3.63, 3.8) is 0 Å². The van der Waals surface area contributed by atoms with Crippen LogP contribution in [0.4, 0.5) is 4.79 Å². The number of allylic oxidation sites excluding steroid dienone is 1. The first-order valence-electron chi connectivity index (χ1n) is 12.0. The van der Waals surface area contributed by atoms with Crippen LogP contribution in [-0.4, -0.2) is 38.2 Å². The first-order chi connectivity index (χ1) is 17.4. The minimum Gasteiger partial charge on any atom is -0.493 e. The molecule has 0 bridgehead atoms. The van der Waals surface area contributed by atoms with E-state index >= 15 is 0 Å². The number of urea groups is 1. The highest BCUT2D eigenvalue weighted by Crippen LogP contribution is 2.35. The molecule has 1 aliphatic heterocycles. The van der Waals surface area contributed by atoms with Crippen LogP contribution in [0.15, 0.2) is 59.8 Å². The molecule has 2 aromatic carbocycles. The zero-order valence-electron chi connectivity index (χ0n) is 21.1. The number of methoxy groups -OCH3 is 1. The highest BCUT2D eigenvalue weighted by Gasteiger charge is 2.33. The molecule has 2 aromatic rings. The van der Waals surface area contributed by atoms with Crippen LogP contribution in [0.3, 0.4) is 0 Å². The number of benzene rings is 2. The van der Waals surface area contributed by atoms with Crippen LogP contribution < -0.4 is 25.4 Å². The van der Waals surface area contributed by atoms with Crippen molar-refractivity contribution in [1.29, 1.82) is 0 Å². The smallest absolute Gasteiger partial charge is 0.338 e. The van der Waals surface area contributed by atoms with Gasteiger partial charge in [0.1, 0.15) is 0 Å². The molecule has 3 amide bonds. The fourth-order valence-electron chi connectivity index (χ4n) is 4.00. The van der Waals surface area contributed by atoms with Crippen molar-refractivity contribution in [2.75, 3.05) is 20.3 Å². The monoisotopic (exact) mass is 495 g/mol. The molecule has 0 aliphatic carbocycles. The first kappa shape index (κ1) is 26.6. The van der Waals surface area contributed by atoms with Crippen molar-refractivity contribution in [2.24, 2.45) is 0 Å². The zero-order valence-corrected chi connectivity index (χ0v) is 21.1. The molecule has 192 valence electrons. The van der Waals surface area contributed by atoms with E-state index in [0.29, 0.717) is 34.8 Å². The SMILES string of the molecule is CCCC1=C(C(=O)OCC)C(c2ccc(OCC(=O)NC(C)c3ccccc3)c(OC)c2)NC(=O)N1. The Hall–Kier alpha value is -4.01. The maximum atomic E-state index is 12.8. The van der Waals surface area contributed by atoms with Crippen LogP contribution in [0.25, 0.3) is 0 Å². The molecular formula is C27H33N3O6. The lowest BCUT2D eigenvalue weighted by molar-refractivity contribution is -0.139. The van der Waals surface area contributed by atoms with Gasteiger partial charge in [0.25, 0.3) is 5.91 Å². The second-order valence-corrected chi connectivity index (χ2v) is 8.29. The lowest BCUT2D eigenvalue weighted by atomic mass is 9.93. The molecule has 36 heavy (non-hydrogen) atoms. The Morgan fingerprint density at radius 2 is 1.83 bits per heavy atom. The summed E-state index contributed by atoms with van der Waals surface area (Å²) in [5, 5.41) is 8.44. The predicted octanol–water partition coefficient (Wildman–Crippen LogP) is 3.92. The van der Waals surface area contributed by atoms with Crippen molar-refractivity contribution in [3.05, 3.63) is 70.9 Å². The Morgan fingerprint density at radius 1 is 1.08 bits per heavy atom. The summed E-state index contributed by atoms with van der Waals surface area (Å²) in [5.74, 6) is -0.0503. The van der Waals surface area contributed by atoms with E-state index in [2.05, 4.69) is 16.0 Å². The average Bonchev–Trinajstić information content (AvgIpc) is 2.87. The van der Waals surface area contributed by atoms with Gasteiger partial charge in [-0.15, -0.1) is 0 Å². The lowest BCUT2D eigenvalue weighted by Crippen LogP contribution is -2.46. The number of nitrogens with one attached hydrogen (secondary N) is 3. The lowest BCUT2D eigenvalue weighted by Gasteiger charge is -2.29. The highest BCUT2D eigenvalue weighted by atomic mass is 16.5. The fourth-order valence-corrected chi connectivity index (χ4v) is 4.00. The van der Waals surface area contributed by atoms with Crippen LogP contribution in [0.5, 0.6) is 11.5 Å². The largest absolute Gasteiger partial charge is 0.493 e. The second-order valence-electron chi connectivity index (χ2n) is 8.29. The number of amides is 3. The molecule has 0 aromatic heterocycles. The van der Waals surface area contributed by atoms with Crippen molar-refractivity contribution in [2.45, 2.75) is 45.7 Å². The zero-order chi connectivity index (χ0) is 26.1. The minimum absolute atomic E-state index is 0.166. The van der Waals surface area contributed by atoms with Gasteiger partial charge >= 0.3 is 12.0 Å². The number of rotatable bonds is 11. The van der Waals surface area contributed by atoms with Gasteiger partial charge in [0.05, 0.1) is 31.4 Å². The van der Waals surface area contributed by atoms with Crippen LogP contribution in [0.2, 0.25) is 0 Å². The molecule has 0 fully saturated rings. The standard InChI is InChI=1S/C27H33N3O6/c1-5-10-20-24(26(32)35-6-2)25(30-27(33)29-20)19-13-14-21(22(15-19)34-4)36-16-23(31)28-17(3)18-11-8-7-9-12-18/h7-9,11-15,17,25H,5-6,10,16H2,1-4H3,(H,28,31)(H2,29,30,33). The van der Waals surface area contributed by atoms with Crippen LogP contribution in [-0.2, 0) is 14.3 Å². The fraction of sp³-hybridized carbons (Fsp3) is 0.370. The van der Waals surface area contributed by atoms with Gasteiger partial charge in [-0.05, 0) is 43.5 Å². The Balaban J connectivity index is 1.78. The summed E-state index contributed by atoms with van der Waals surface area (Å²) in [7, 11) is 1.48. The van der Waals surface area contributed by atoms with Gasteiger partial charge in [-0.25, -0.2) is 9.59 Å².